The van der Waals surface area contributed by atoms with Gasteiger partial charge >= 0.3 is 11.7 Å². The Bertz CT molecular complexity index is 1370. The molecule has 0 amide bonds. The van der Waals surface area contributed by atoms with E-state index in [0.29, 0.717) is 27.6 Å². The van der Waals surface area contributed by atoms with Crippen molar-refractivity contribution < 1.29 is 19.2 Å². The lowest BCUT2D eigenvalue weighted by molar-refractivity contribution is -0.385. The third kappa shape index (κ3) is 6.04. The molecule has 3 aromatic rings. The number of aromatic nitrogens is 2. The van der Waals surface area contributed by atoms with Crippen LogP contribution in [0.2, 0.25) is 5.02 Å². The Kier molecular flexibility index (Phi) is 8.57. The van der Waals surface area contributed by atoms with Gasteiger partial charge in [0, 0.05) is 27.0 Å². The molecule has 1 aromatic heterocycles. The van der Waals surface area contributed by atoms with E-state index >= 15 is 0 Å². The van der Waals surface area contributed by atoms with Crippen LogP contribution in [0.4, 0.5) is 5.69 Å². The molecule has 0 fully saturated rings. The molecule has 1 atom stereocenters. The van der Waals surface area contributed by atoms with E-state index in [1.807, 2.05) is 13.8 Å². The highest BCUT2D eigenvalue weighted by Gasteiger charge is 2.22. The normalized spacial score (nSPS) is 12.1. The van der Waals surface area contributed by atoms with Gasteiger partial charge in [-0.05, 0) is 37.6 Å². The topological polar surface area (TPSA) is 126 Å². The molecule has 0 aliphatic carbocycles. The van der Waals surface area contributed by atoms with Gasteiger partial charge < -0.3 is 9.47 Å². The van der Waals surface area contributed by atoms with E-state index in [9.17, 15) is 19.7 Å². The monoisotopic (exact) mass is 564 g/mol. The summed E-state index contributed by atoms with van der Waals surface area (Å²) in [5.74, 6) is -0.611. The second-order valence-electron chi connectivity index (χ2n) is 7.50. The lowest BCUT2D eigenvalue weighted by atomic mass is 10.1. The van der Waals surface area contributed by atoms with Crippen molar-refractivity contribution >= 4 is 56.3 Å². The molecule has 35 heavy (non-hydrogen) atoms. The molecule has 1 heterocycles. The van der Waals surface area contributed by atoms with Crippen LogP contribution < -0.4 is 10.3 Å². The third-order valence-electron chi connectivity index (χ3n) is 5.10. The number of hydrogen-bond acceptors (Lipinski definition) is 8. The first-order valence-corrected chi connectivity index (χ1v) is 11.9. The molecule has 2 aromatic carbocycles. The van der Waals surface area contributed by atoms with E-state index in [1.54, 1.807) is 25.1 Å². The van der Waals surface area contributed by atoms with E-state index < -0.39 is 28.7 Å². The van der Waals surface area contributed by atoms with Crippen LogP contribution in [0.1, 0.15) is 44.5 Å². The van der Waals surface area contributed by atoms with Crippen molar-refractivity contribution in [2.75, 3.05) is 13.2 Å². The molecule has 0 aliphatic heterocycles. The summed E-state index contributed by atoms with van der Waals surface area (Å²) in [4.78, 5) is 40.7. The van der Waals surface area contributed by atoms with Crippen LogP contribution >= 0.6 is 27.5 Å². The number of carbonyl (C=O) groups is 1. The average molecular weight is 566 g/mol. The van der Waals surface area contributed by atoms with Gasteiger partial charge in [-0.3, -0.25) is 14.9 Å². The number of fused-ring (bicyclic) bond motifs is 1. The van der Waals surface area contributed by atoms with Gasteiger partial charge in [0.1, 0.15) is 5.82 Å². The lowest BCUT2D eigenvalue weighted by Gasteiger charge is -2.14. The number of rotatable bonds is 9. The molecule has 184 valence electrons. The summed E-state index contributed by atoms with van der Waals surface area (Å²) in [5.41, 5.74) is -0.242. The zero-order valence-electron chi connectivity index (χ0n) is 19.2. The SMILES string of the molecule is CCOC(=O)COc1c(C=Nn2c([C@@H](C)CC)nc3ccc(Br)cc3c2=O)cc(Cl)cc1[N+](=O)[O-]. The van der Waals surface area contributed by atoms with Crippen molar-refractivity contribution in [1.82, 2.24) is 9.66 Å². The predicted molar refractivity (Wildman–Crippen MR) is 136 cm³/mol. The summed E-state index contributed by atoms with van der Waals surface area (Å²) in [6.07, 6.45) is 1.92. The fourth-order valence-electron chi connectivity index (χ4n) is 3.22. The quantitative estimate of drug-likeness (QED) is 0.154. The molecular weight excluding hydrogens is 544 g/mol. The molecule has 0 aliphatic rings. The first-order chi connectivity index (χ1) is 16.7. The van der Waals surface area contributed by atoms with Gasteiger partial charge in [0.25, 0.3) is 5.56 Å². The second-order valence-corrected chi connectivity index (χ2v) is 8.85. The van der Waals surface area contributed by atoms with Gasteiger partial charge in [-0.2, -0.15) is 9.78 Å². The fourth-order valence-corrected chi connectivity index (χ4v) is 3.80. The number of ether oxygens (including phenoxy) is 2. The lowest BCUT2D eigenvalue weighted by Crippen LogP contribution is -2.24. The molecule has 0 saturated carbocycles. The maximum Gasteiger partial charge on any atom is 0.344 e. The number of carbonyl (C=O) groups excluding carboxylic acids is 1. The van der Waals surface area contributed by atoms with Crippen LogP contribution in [0.15, 0.2) is 44.7 Å². The molecule has 0 bridgehead atoms. The Morgan fingerprint density at radius 2 is 2.09 bits per heavy atom. The summed E-state index contributed by atoms with van der Waals surface area (Å²) in [7, 11) is 0. The number of esters is 1. The molecule has 3 rings (SSSR count). The highest BCUT2D eigenvalue weighted by atomic mass is 79.9. The van der Waals surface area contributed by atoms with Crippen LogP contribution in [0.25, 0.3) is 10.9 Å². The van der Waals surface area contributed by atoms with Crippen LogP contribution in [-0.4, -0.2) is 40.0 Å². The number of benzene rings is 2. The van der Waals surface area contributed by atoms with E-state index in [-0.39, 0.29) is 28.9 Å². The fraction of sp³-hybridized carbons (Fsp3) is 0.304. The summed E-state index contributed by atoms with van der Waals surface area (Å²) in [5, 5.41) is 16.3. The van der Waals surface area contributed by atoms with Gasteiger partial charge in [0.2, 0.25) is 5.75 Å². The molecule has 0 N–H and O–H groups in total. The standard InChI is InChI=1S/C23H22BrClN4O6/c1-4-13(3)22-27-18-7-6-15(24)9-17(18)23(31)28(22)26-11-14-8-16(25)10-19(29(32)33)21(14)35-12-20(30)34-5-2/h6-11,13H,4-5,12H2,1-3H3/t13-/m0/s1. The van der Waals surface area contributed by atoms with E-state index in [0.717, 1.165) is 10.7 Å². The first kappa shape index (κ1) is 26.3. The average Bonchev–Trinajstić information content (AvgIpc) is 2.82. The molecule has 0 unspecified atom stereocenters. The number of halogens is 2. The van der Waals surface area contributed by atoms with E-state index in [2.05, 4.69) is 26.0 Å². The number of nitrogens with zero attached hydrogens (tertiary/aromatic N) is 4. The Balaban J connectivity index is 2.17. The van der Waals surface area contributed by atoms with E-state index in [4.69, 9.17) is 21.1 Å². The number of nitro groups is 1. The summed E-state index contributed by atoms with van der Waals surface area (Å²) in [6, 6.07) is 7.67. The summed E-state index contributed by atoms with van der Waals surface area (Å²) >= 11 is 9.45. The maximum absolute atomic E-state index is 13.3. The minimum Gasteiger partial charge on any atom is -0.474 e. The van der Waals surface area contributed by atoms with Crippen molar-refractivity contribution in [3.63, 3.8) is 0 Å². The highest BCUT2D eigenvalue weighted by Crippen LogP contribution is 2.34. The predicted octanol–water partition coefficient (Wildman–Crippen LogP) is 5.06. The summed E-state index contributed by atoms with van der Waals surface area (Å²) in [6.45, 7) is 5.07. The smallest absolute Gasteiger partial charge is 0.344 e. The van der Waals surface area contributed by atoms with Gasteiger partial charge in [0.15, 0.2) is 6.61 Å². The summed E-state index contributed by atoms with van der Waals surface area (Å²) < 4.78 is 12.1. The molecule has 10 nitrogen and oxygen atoms in total. The van der Waals surface area contributed by atoms with Gasteiger partial charge in [0.05, 0.1) is 28.6 Å². The third-order valence-corrected chi connectivity index (χ3v) is 5.81. The molecule has 0 radical (unpaired) electrons. The van der Waals surface area contributed by atoms with Crippen LogP contribution in [-0.2, 0) is 9.53 Å². The van der Waals surface area contributed by atoms with Gasteiger partial charge in [-0.1, -0.05) is 41.4 Å². The van der Waals surface area contributed by atoms with Crippen LogP contribution in [0, 0.1) is 10.1 Å². The van der Waals surface area contributed by atoms with Gasteiger partial charge in [-0.15, -0.1) is 0 Å². The Morgan fingerprint density at radius 3 is 2.74 bits per heavy atom. The van der Waals surface area contributed by atoms with Crippen molar-refractivity contribution in [2.45, 2.75) is 33.1 Å². The largest absolute Gasteiger partial charge is 0.474 e. The van der Waals surface area contributed by atoms with Crippen LogP contribution in [0.5, 0.6) is 5.75 Å². The molecule has 12 heteroatoms. The second kappa shape index (κ2) is 11.4. The zero-order valence-corrected chi connectivity index (χ0v) is 21.5. The molecule has 0 spiro atoms. The highest BCUT2D eigenvalue weighted by molar-refractivity contribution is 9.10. The van der Waals surface area contributed by atoms with E-state index in [1.165, 1.54) is 12.3 Å². The van der Waals surface area contributed by atoms with Crippen molar-refractivity contribution in [2.24, 2.45) is 5.10 Å². The maximum atomic E-state index is 13.3. The number of nitro benzene ring substituents is 1. The Labute approximate surface area is 213 Å². The van der Waals surface area contributed by atoms with Crippen LogP contribution in [0.3, 0.4) is 0 Å². The minimum absolute atomic E-state index is 0.0525. The Morgan fingerprint density at radius 1 is 1.34 bits per heavy atom. The minimum atomic E-state index is -0.695. The Hall–Kier alpha value is -3.31. The van der Waals surface area contributed by atoms with Crippen molar-refractivity contribution in [3.8, 4) is 5.75 Å². The van der Waals surface area contributed by atoms with Gasteiger partial charge in [-0.25, -0.2) is 9.78 Å². The molecule has 0 saturated heterocycles. The number of hydrogen-bond donors (Lipinski definition) is 0. The van der Waals surface area contributed by atoms with Crippen molar-refractivity contribution in [1.29, 1.82) is 0 Å². The first-order valence-electron chi connectivity index (χ1n) is 10.7. The zero-order chi connectivity index (χ0) is 25.7. The van der Waals surface area contributed by atoms with Crippen molar-refractivity contribution in [3.05, 3.63) is 71.7 Å². The molecular formula is C23H22BrClN4O6.